The molecule has 144 valence electrons. The number of anilines is 1. The minimum Gasteiger partial charge on any atom is -0.374 e. The van der Waals surface area contributed by atoms with Crippen molar-refractivity contribution >= 4 is 23.7 Å². The lowest BCUT2D eigenvalue weighted by atomic mass is 9.98. The molecule has 0 bridgehead atoms. The van der Waals surface area contributed by atoms with Gasteiger partial charge in [0.15, 0.2) is 0 Å². The molecule has 0 saturated carbocycles. The summed E-state index contributed by atoms with van der Waals surface area (Å²) in [4.78, 5) is 11.1. The minimum atomic E-state index is -3.75. The van der Waals surface area contributed by atoms with E-state index in [1.807, 2.05) is 84.9 Å². The zero-order valence-electron chi connectivity index (χ0n) is 15.8. The maximum absolute atomic E-state index is 13.6. The zero-order chi connectivity index (χ0) is 20.1. The van der Waals surface area contributed by atoms with E-state index in [9.17, 15) is 9.46 Å². The second kappa shape index (κ2) is 8.48. The van der Waals surface area contributed by atoms with Gasteiger partial charge in [-0.15, -0.1) is 0 Å². The fourth-order valence-corrected chi connectivity index (χ4v) is 5.16. The Morgan fingerprint density at radius 3 is 1.83 bits per heavy atom. The highest BCUT2D eigenvalue weighted by molar-refractivity contribution is 7.73. The Bertz CT molecular complexity index is 1120. The maximum atomic E-state index is 13.6. The van der Waals surface area contributed by atoms with Crippen molar-refractivity contribution < 1.29 is 9.46 Å². The fourth-order valence-electron chi connectivity index (χ4n) is 3.46. The second-order valence-corrected chi connectivity index (χ2v) is 8.97. The average Bonchev–Trinajstić information content (AvgIpc) is 2.79. The van der Waals surface area contributed by atoms with Crippen LogP contribution in [0.2, 0.25) is 0 Å². The van der Waals surface area contributed by atoms with Crippen LogP contribution in [-0.4, -0.2) is 4.89 Å². The van der Waals surface area contributed by atoms with Gasteiger partial charge in [-0.05, 0) is 41.5 Å². The summed E-state index contributed by atoms with van der Waals surface area (Å²) >= 11 is 0. The lowest BCUT2D eigenvalue weighted by Gasteiger charge is -2.25. The minimum absolute atomic E-state index is 0.265. The Hall–Kier alpha value is -3.13. The van der Waals surface area contributed by atoms with Crippen molar-refractivity contribution in [2.75, 3.05) is 5.32 Å². The summed E-state index contributed by atoms with van der Waals surface area (Å²) in [5.41, 5.74) is 2.76. The molecule has 4 aromatic carbocycles. The first-order valence-electron chi connectivity index (χ1n) is 9.51. The van der Waals surface area contributed by atoms with Crippen LogP contribution < -0.4 is 15.9 Å². The summed E-state index contributed by atoms with van der Waals surface area (Å²) in [5.74, 6) is 0. The molecule has 0 heterocycles. The third-order valence-electron chi connectivity index (χ3n) is 4.90. The van der Waals surface area contributed by atoms with Gasteiger partial charge in [-0.1, -0.05) is 84.9 Å². The molecule has 0 aromatic heterocycles. The fraction of sp³-hybridized carbons (Fsp3) is 0.0400. The molecule has 0 fully saturated rings. The van der Waals surface area contributed by atoms with E-state index in [4.69, 9.17) is 0 Å². The second-order valence-electron chi connectivity index (χ2n) is 6.82. The van der Waals surface area contributed by atoms with Gasteiger partial charge in [0.1, 0.15) is 0 Å². The van der Waals surface area contributed by atoms with E-state index in [-0.39, 0.29) is 6.04 Å². The molecule has 2 N–H and O–H groups in total. The number of nitrogens with one attached hydrogen (secondary N) is 1. The Morgan fingerprint density at radius 2 is 1.17 bits per heavy atom. The van der Waals surface area contributed by atoms with E-state index in [2.05, 4.69) is 5.32 Å². The molecule has 0 spiro atoms. The molecular weight excluding hydrogens is 377 g/mol. The summed E-state index contributed by atoms with van der Waals surface area (Å²) in [6.07, 6.45) is 0. The molecule has 0 saturated heterocycles. The van der Waals surface area contributed by atoms with Crippen LogP contribution in [0.4, 0.5) is 5.69 Å². The molecule has 2 atom stereocenters. The van der Waals surface area contributed by atoms with Crippen LogP contribution in [0.3, 0.4) is 0 Å². The van der Waals surface area contributed by atoms with Gasteiger partial charge < -0.3 is 10.2 Å². The van der Waals surface area contributed by atoms with E-state index in [1.165, 1.54) is 0 Å². The summed E-state index contributed by atoms with van der Waals surface area (Å²) in [5, 5.41) is 4.42. The van der Waals surface area contributed by atoms with Crippen molar-refractivity contribution in [2.45, 2.75) is 6.04 Å². The predicted octanol–water partition coefficient (Wildman–Crippen LogP) is 5.11. The molecule has 0 aliphatic rings. The SMILES string of the molecule is O=P(O)(c1ccccc1)c1ccccc1C(Nc1ccccc1)c1ccccc1. The van der Waals surface area contributed by atoms with E-state index in [0.717, 1.165) is 16.8 Å². The van der Waals surface area contributed by atoms with Crippen LogP contribution in [0.5, 0.6) is 0 Å². The average molecular weight is 399 g/mol. The van der Waals surface area contributed by atoms with Gasteiger partial charge >= 0.3 is 0 Å². The smallest absolute Gasteiger partial charge is 0.259 e. The van der Waals surface area contributed by atoms with Crippen molar-refractivity contribution in [1.82, 2.24) is 0 Å². The van der Waals surface area contributed by atoms with Crippen LogP contribution in [0, 0.1) is 0 Å². The van der Waals surface area contributed by atoms with Crippen LogP contribution in [-0.2, 0) is 4.57 Å². The first-order valence-corrected chi connectivity index (χ1v) is 11.2. The van der Waals surface area contributed by atoms with Gasteiger partial charge in [-0.25, -0.2) is 0 Å². The molecule has 4 rings (SSSR count). The molecule has 0 radical (unpaired) electrons. The van der Waals surface area contributed by atoms with Gasteiger partial charge in [0.05, 0.1) is 6.04 Å². The summed E-state index contributed by atoms with van der Waals surface area (Å²) in [7, 11) is -3.75. The first-order chi connectivity index (χ1) is 14.2. The number of hydrogen-bond donors (Lipinski definition) is 2. The summed E-state index contributed by atoms with van der Waals surface area (Å²) in [6, 6.07) is 35.9. The molecule has 0 aliphatic carbocycles. The largest absolute Gasteiger partial charge is 0.374 e. The Kier molecular flexibility index (Phi) is 5.62. The van der Waals surface area contributed by atoms with Gasteiger partial charge in [0, 0.05) is 16.3 Å². The molecule has 4 aromatic rings. The van der Waals surface area contributed by atoms with E-state index in [0.29, 0.717) is 10.6 Å². The third-order valence-corrected chi connectivity index (χ3v) is 6.96. The van der Waals surface area contributed by atoms with Crippen molar-refractivity contribution in [3.8, 4) is 0 Å². The lowest BCUT2D eigenvalue weighted by molar-refractivity contribution is 0.500. The van der Waals surface area contributed by atoms with Crippen LogP contribution >= 0.6 is 7.37 Å². The predicted molar refractivity (Wildman–Crippen MR) is 120 cm³/mol. The van der Waals surface area contributed by atoms with Crippen molar-refractivity contribution in [3.05, 3.63) is 126 Å². The van der Waals surface area contributed by atoms with Crippen molar-refractivity contribution in [1.29, 1.82) is 0 Å². The quantitative estimate of drug-likeness (QED) is 0.443. The molecule has 29 heavy (non-hydrogen) atoms. The topological polar surface area (TPSA) is 49.3 Å². The van der Waals surface area contributed by atoms with Crippen LogP contribution in [0.15, 0.2) is 115 Å². The van der Waals surface area contributed by atoms with E-state index >= 15 is 0 Å². The number of para-hydroxylation sites is 1. The number of rotatable bonds is 6. The number of hydrogen-bond acceptors (Lipinski definition) is 2. The molecular formula is C25H22NO2P. The molecule has 0 aliphatic heterocycles. The van der Waals surface area contributed by atoms with E-state index in [1.54, 1.807) is 30.3 Å². The van der Waals surface area contributed by atoms with Crippen LogP contribution in [0.1, 0.15) is 17.2 Å². The maximum Gasteiger partial charge on any atom is 0.259 e. The Morgan fingerprint density at radius 1 is 0.655 bits per heavy atom. The highest BCUT2D eigenvalue weighted by Crippen LogP contribution is 2.41. The highest BCUT2D eigenvalue weighted by Gasteiger charge is 2.30. The summed E-state index contributed by atoms with van der Waals surface area (Å²) < 4.78 is 13.6. The monoisotopic (exact) mass is 399 g/mol. The normalized spacial score (nSPS) is 14.0. The highest BCUT2D eigenvalue weighted by atomic mass is 31.2. The van der Waals surface area contributed by atoms with Gasteiger partial charge in [0.25, 0.3) is 7.37 Å². The summed E-state index contributed by atoms with van der Waals surface area (Å²) in [6.45, 7) is 0. The lowest BCUT2D eigenvalue weighted by Crippen LogP contribution is -2.24. The molecule has 3 nitrogen and oxygen atoms in total. The number of benzene rings is 4. The van der Waals surface area contributed by atoms with Crippen LogP contribution in [0.25, 0.3) is 0 Å². The van der Waals surface area contributed by atoms with Crippen molar-refractivity contribution in [3.63, 3.8) is 0 Å². The Balaban J connectivity index is 1.85. The van der Waals surface area contributed by atoms with Gasteiger partial charge in [0.2, 0.25) is 0 Å². The zero-order valence-corrected chi connectivity index (χ0v) is 16.7. The molecule has 4 heteroatoms. The van der Waals surface area contributed by atoms with E-state index < -0.39 is 7.37 Å². The van der Waals surface area contributed by atoms with Gasteiger partial charge in [-0.3, -0.25) is 4.57 Å². The molecule has 0 amide bonds. The standard InChI is InChI=1S/C25H22NO2P/c27-29(28,22-16-8-3-9-17-22)24-19-11-10-18-23(24)25(20-12-4-1-5-13-20)26-21-14-6-2-7-15-21/h1-19,25-26H,(H,27,28). The Labute approximate surface area is 171 Å². The van der Waals surface area contributed by atoms with Gasteiger partial charge in [-0.2, -0.15) is 0 Å². The first kappa shape index (κ1) is 19.2. The third kappa shape index (κ3) is 4.17. The molecule has 2 unspecified atom stereocenters. The van der Waals surface area contributed by atoms with Crippen molar-refractivity contribution in [2.24, 2.45) is 0 Å².